The molecule has 4 aliphatic heterocycles. The van der Waals surface area contributed by atoms with Crippen LogP contribution in [-0.4, -0.2) is 81.6 Å². The first kappa shape index (κ1) is 34.3. The molecule has 0 bridgehead atoms. The maximum atomic E-state index is 13.5. The normalized spacial score (nSPS) is 28.7. The summed E-state index contributed by atoms with van der Waals surface area (Å²) >= 11 is 0. The Balaban J connectivity index is 1.20. The van der Waals surface area contributed by atoms with E-state index < -0.39 is 49.5 Å². The molecule has 256 valence electrons. The van der Waals surface area contributed by atoms with Crippen molar-refractivity contribution >= 4 is 13.7 Å². The second kappa shape index (κ2) is 13.1. The van der Waals surface area contributed by atoms with E-state index in [0.717, 1.165) is 6.42 Å². The molecule has 48 heavy (non-hydrogen) atoms. The zero-order chi connectivity index (χ0) is 34.4. The Morgan fingerprint density at radius 3 is 2.06 bits per heavy atom. The molecule has 0 spiro atoms. The minimum absolute atomic E-state index is 0.0254. The quantitative estimate of drug-likeness (QED) is 0.281. The lowest BCUT2D eigenvalue weighted by Gasteiger charge is -2.48. The molecule has 2 N–H and O–H groups in total. The minimum Gasteiger partial charge on any atom is -0.485 e. The fourth-order valence-corrected chi connectivity index (χ4v) is 8.40. The van der Waals surface area contributed by atoms with Crippen molar-refractivity contribution in [2.24, 2.45) is 0 Å². The van der Waals surface area contributed by atoms with Gasteiger partial charge in [-0.1, -0.05) is 0 Å². The van der Waals surface area contributed by atoms with Crippen LogP contribution in [0.4, 0.5) is 0 Å². The number of ether oxygens (including phenoxy) is 3. The standard InChI is InChI=1S/C34H41N4O9P/c1-33(2)31(29(37-13-5-7-27(37)39)23-17-21(19-35)9-11-25(23)45-33)43-15-16-44-48(41,42)47-32-30(38-14-6-8-28(38)40)24-18-22(20-36)10-12-26(24)46-34(32,3)4/h9-12,17-18,28-32,40H,5-8,13-16H2,1-4H3,(H,41,42)/t28?,29-,30-,31+,32+/m1/s1. The zero-order valence-electron chi connectivity index (χ0n) is 27.5. The van der Waals surface area contributed by atoms with Crippen molar-refractivity contribution in [3.8, 4) is 23.6 Å². The van der Waals surface area contributed by atoms with Crippen LogP contribution >= 0.6 is 7.82 Å². The number of aliphatic hydroxyl groups excluding tert-OH is 1. The third-order valence-electron chi connectivity index (χ3n) is 9.55. The second-order valence-corrected chi connectivity index (χ2v) is 15.1. The van der Waals surface area contributed by atoms with Crippen molar-refractivity contribution in [2.45, 2.75) is 95.1 Å². The number of carbonyl (C=O) groups is 1. The summed E-state index contributed by atoms with van der Waals surface area (Å²) in [7, 11) is -4.75. The number of carbonyl (C=O) groups excluding carboxylic acids is 1. The van der Waals surface area contributed by atoms with E-state index in [1.807, 2.05) is 13.8 Å². The van der Waals surface area contributed by atoms with Crippen LogP contribution in [0.25, 0.3) is 0 Å². The van der Waals surface area contributed by atoms with E-state index in [4.69, 9.17) is 23.3 Å². The number of fused-ring (bicyclic) bond motifs is 2. The average Bonchev–Trinajstić information content (AvgIpc) is 3.66. The van der Waals surface area contributed by atoms with Gasteiger partial charge in [0.25, 0.3) is 0 Å². The molecule has 6 atom stereocenters. The van der Waals surface area contributed by atoms with Gasteiger partial charge in [-0.05, 0) is 83.4 Å². The van der Waals surface area contributed by atoms with Crippen molar-refractivity contribution in [1.29, 1.82) is 10.5 Å². The molecular weight excluding hydrogens is 639 g/mol. The molecule has 6 rings (SSSR count). The molecule has 4 heterocycles. The fourth-order valence-electron chi connectivity index (χ4n) is 7.37. The van der Waals surface area contributed by atoms with E-state index in [0.29, 0.717) is 66.1 Å². The van der Waals surface area contributed by atoms with Gasteiger partial charge < -0.3 is 29.1 Å². The van der Waals surface area contributed by atoms with E-state index in [1.54, 1.807) is 60.0 Å². The molecule has 2 saturated heterocycles. The van der Waals surface area contributed by atoms with E-state index >= 15 is 0 Å². The molecule has 2 aromatic rings. The number of nitrogens with zero attached hydrogens (tertiary/aromatic N) is 4. The predicted molar refractivity (Wildman–Crippen MR) is 170 cm³/mol. The minimum atomic E-state index is -4.75. The van der Waals surface area contributed by atoms with Gasteiger partial charge >= 0.3 is 7.82 Å². The lowest BCUT2D eigenvalue weighted by atomic mass is 9.84. The molecule has 1 amide bonds. The smallest absolute Gasteiger partial charge is 0.472 e. The first-order valence-electron chi connectivity index (χ1n) is 16.2. The van der Waals surface area contributed by atoms with Gasteiger partial charge in [0.15, 0.2) is 0 Å². The molecular formula is C34H41N4O9P. The highest BCUT2D eigenvalue weighted by Crippen LogP contribution is 2.54. The summed E-state index contributed by atoms with van der Waals surface area (Å²) < 4.78 is 43.7. The Kier molecular flexibility index (Phi) is 9.35. The Morgan fingerprint density at radius 2 is 1.52 bits per heavy atom. The largest absolute Gasteiger partial charge is 0.485 e. The summed E-state index contributed by atoms with van der Waals surface area (Å²) in [6.07, 6.45) is -0.222. The van der Waals surface area contributed by atoms with Crippen LogP contribution in [0.2, 0.25) is 0 Å². The number of hydrogen-bond donors (Lipinski definition) is 2. The Hall–Kier alpha value is -3.52. The highest BCUT2D eigenvalue weighted by molar-refractivity contribution is 7.47. The van der Waals surface area contributed by atoms with Crippen molar-refractivity contribution in [2.75, 3.05) is 26.3 Å². The summed E-state index contributed by atoms with van der Waals surface area (Å²) in [6.45, 7) is 7.74. The van der Waals surface area contributed by atoms with Gasteiger partial charge in [0.2, 0.25) is 5.91 Å². The van der Waals surface area contributed by atoms with E-state index in [2.05, 4.69) is 12.1 Å². The molecule has 14 heteroatoms. The molecule has 2 aromatic carbocycles. The number of phosphoric acid groups is 1. The molecule has 0 saturated carbocycles. The number of amides is 1. The molecule has 2 unspecified atom stereocenters. The summed E-state index contributed by atoms with van der Waals surface area (Å²) in [5.74, 6) is 1.03. The number of nitriles is 2. The number of phosphoric ester groups is 1. The monoisotopic (exact) mass is 680 g/mol. The molecule has 0 radical (unpaired) electrons. The molecule has 4 aliphatic rings. The summed E-state index contributed by atoms with van der Waals surface area (Å²) in [5, 5.41) is 30.0. The second-order valence-electron chi connectivity index (χ2n) is 13.7. The van der Waals surface area contributed by atoms with E-state index in [-0.39, 0.29) is 19.1 Å². The van der Waals surface area contributed by atoms with E-state index in [1.165, 1.54) is 0 Å². The molecule has 2 fully saturated rings. The van der Waals surface area contributed by atoms with Gasteiger partial charge in [-0.15, -0.1) is 0 Å². The van der Waals surface area contributed by atoms with Gasteiger partial charge in [-0.2, -0.15) is 10.5 Å². The number of likely N-dealkylation sites (tertiary alicyclic amines) is 2. The predicted octanol–water partition coefficient (Wildman–Crippen LogP) is 4.48. The van der Waals surface area contributed by atoms with Crippen LogP contribution in [0.5, 0.6) is 11.5 Å². The highest BCUT2D eigenvalue weighted by Gasteiger charge is 2.53. The fraction of sp³-hybridized carbons (Fsp3) is 0.559. The van der Waals surface area contributed by atoms with Crippen molar-refractivity contribution < 1.29 is 42.6 Å². The van der Waals surface area contributed by atoms with Crippen molar-refractivity contribution in [3.05, 3.63) is 58.7 Å². The molecule has 0 aromatic heterocycles. The van der Waals surface area contributed by atoms with Crippen LogP contribution in [-0.2, 0) is 23.1 Å². The van der Waals surface area contributed by atoms with Crippen molar-refractivity contribution in [3.63, 3.8) is 0 Å². The number of benzene rings is 2. The van der Waals surface area contributed by atoms with Crippen LogP contribution in [0.1, 0.15) is 87.7 Å². The van der Waals surface area contributed by atoms with Crippen LogP contribution in [0.3, 0.4) is 0 Å². The van der Waals surface area contributed by atoms with Crippen LogP contribution in [0.15, 0.2) is 36.4 Å². The maximum Gasteiger partial charge on any atom is 0.472 e. The van der Waals surface area contributed by atoms with Gasteiger partial charge in [0, 0.05) is 30.6 Å². The van der Waals surface area contributed by atoms with Crippen molar-refractivity contribution in [1.82, 2.24) is 9.80 Å². The Labute approximate surface area is 280 Å². The van der Waals surface area contributed by atoms with Gasteiger partial charge in [0.05, 0.1) is 48.6 Å². The Bertz CT molecular complexity index is 1700. The first-order chi connectivity index (χ1) is 22.7. The van der Waals surface area contributed by atoms with Gasteiger partial charge in [0.1, 0.15) is 41.1 Å². The lowest BCUT2D eigenvalue weighted by molar-refractivity contribution is -0.150. The number of rotatable bonds is 9. The summed E-state index contributed by atoms with van der Waals surface area (Å²) in [6, 6.07) is 13.1. The third-order valence-corrected chi connectivity index (χ3v) is 10.6. The Morgan fingerprint density at radius 1 is 0.917 bits per heavy atom. The van der Waals surface area contributed by atoms with Crippen LogP contribution < -0.4 is 9.47 Å². The topological polar surface area (TPSA) is 175 Å². The summed E-state index contributed by atoms with van der Waals surface area (Å²) in [5.41, 5.74) is 0.0164. The molecule has 0 aliphatic carbocycles. The SMILES string of the molecule is CC1(C)Oc2ccc(C#N)cc2[C@@H](N2CCCC2=O)[C@@H]1OCCOP(=O)(O)O[C@H]1[C@H](N2CCCC2O)c2cc(C#N)ccc2OC1(C)C. The first-order valence-corrected chi connectivity index (χ1v) is 17.7. The maximum absolute atomic E-state index is 13.5. The third kappa shape index (κ3) is 6.57. The number of aliphatic hydroxyl groups is 1. The number of hydrogen-bond acceptors (Lipinski definition) is 11. The lowest BCUT2D eigenvalue weighted by Crippen LogP contribution is -2.55. The van der Waals surface area contributed by atoms with Gasteiger partial charge in [-0.3, -0.25) is 18.7 Å². The highest BCUT2D eigenvalue weighted by atomic mass is 31.2. The molecule has 13 nitrogen and oxygen atoms in total. The summed E-state index contributed by atoms with van der Waals surface area (Å²) in [4.78, 5) is 27.5. The van der Waals surface area contributed by atoms with Gasteiger partial charge in [-0.25, -0.2) is 4.57 Å². The average molecular weight is 681 g/mol. The van der Waals surface area contributed by atoms with E-state index in [9.17, 15) is 29.9 Å². The zero-order valence-corrected chi connectivity index (χ0v) is 28.4. The van der Waals surface area contributed by atoms with Crippen LogP contribution in [0, 0.1) is 22.7 Å².